The van der Waals surface area contributed by atoms with E-state index in [1.54, 1.807) is 18.1 Å². The van der Waals surface area contributed by atoms with Crippen molar-refractivity contribution in [1.82, 2.24) is 0 Å². The summed E-state index contributed by atoms with van der Waals surface area (Å²) in [5.74, 6) is 2.39. The molecule has 6 atom stereocenters. The molecular weight excluding hydrogens is 408 g/mol. The van der Waals surface area contributed by atoms with Crippen LogP contribution in [0.3, 0.4) is 0 Å². The molecule has 0 saturated heterocycles. The Balaban J connectivity index is 1.83. The van der Waals surface area contributed by atoms with E-state index >= 15 is 0 Å². The highest BCUT2D eigenvalue weighted by atomic mass is 16.4. The van der Waals surface area contributed by atoms with Crippen molar-refractivity contribution in [2.45, 2.75) is 99.8 Å². The maximum atomic E-state index is 12.8. The molecule has 0 aromatic carbocycles. The Kier molecular flexibility index (Phi) is 7.81. The number of carbonyl (C=O) groups excluding carboxylic acids is 1. The van der Waals surface area contributed by atoms with E-state index in [0.717, 1.165) is 32.1 Å². The zero-order valence-electron chi connectivity index (χ0n) is 22.0. The van der Waals surface area contributed by atoms with Crippen LogP contribution < -0.4 is 0 Å². The summed E-state index contributed by atoms with van der Waals surface area (Å²) in [4.78, 5) is 23.9. The number of hydrogen-bond donors (Lipinski definition) is 1. The summed E-state index contributed by atoms with van der Waals surface area (Å²) in [6.45, 7) is 15.7. The van der Waals surface area contributed by atoms with Crippen LogP contribution in [0, 0.1) is 40.4 Å². The predicted molar refractivity (Wildman–Crippen MR) is 136 cm³/mol. The number of allylic oxidation sites excluding steroid dienone is 5. The molecule has 1 N–H and O–H groups in total. The number of carbonyl (C=O) groups is 2. The fourth-order valence-corrected chi connectivity index (χ4v) is 7.31. The van der Waals surface area contributed by atoms with Crippen LogP contribution in [-0.2, 0) is 9.59 Å². The van der Waals surface area contributed by atoms with Gasteiger partial charge in [0.1, 0.15) is 5.78 Å². The Labute approximate surface area is 201 Å². The van der Waals surface area contributed by atoms with Gasteiger partial charge in [0.2, 0.25) is 0 Å². The monoisotopic (exact) mass is 454 g/mol. The molecule has 3 aliphatic carbocycles. The van der Waals surface area contributed by atoms with E-state index in [0.29, 0.717) is 47.4 Å². The van der Waals surface area contributed by atoms with Crippen molar-refractivity contribution in [1.29, 1.82) is 0 Å². The molecule has 0 spiro atoms. The maximum Gasteiger partial charge on any atom is 0.330 e. The lowest BCUT2D eigenvalue weighted by Crippen LogP contribution is -2.50. The molecular formula is C30H46O3. The van der Waals surface area contributed by atoms with Crippen LogP contribution in [-0.4, -0.2) is 16.9 Å². The van der Waals surface area contributed by atoms with Gasteiger partial charge in [0.05, 0.1) is 0 Å². The highest BCUT2D eigenvalue weighted by Crippen LogP contribution is 2.60. The van der Waals surface area contributed by atoms with E-state index in [4.69, 9.17) is 5.11 Å². The van der Waals surface area contributed by atoms with Crippen molar-refractivity contribution >= 4 is 11.8 Å². The fourth-order valence-electron chi connectivity index (χ4n) is 7.31. The quantitative estimate of drug-likeness (QED) is 0.432. The average Bonchev–Trinajstić information content (AvgIpc) is 2.80. The van der Waals surface area contributed by atoms with E-state index in [9.17, 15) is 9.59 Å². The molecule has 0 amide bonds. The topological polar surface area (TPSA) is 54.4 Å². The summed E-state index contributed by atoms with van der Waals surface area (Å²) in [6, 6.07) is 0. The first-order valence-corrected chi connectivity index (χ1v) is 13.2. The average molecular weight is 455 g/mol. The number of rotatable bonds is 5. The summed E-state index contributed by atoms with van der Waals surface area (Å²) < 4.78 is 0. The van der Waals surface area contributed by atoms with Gasteiger partial charge < -0.3 is 5.11 Å². The molecule has 3 aliphatic rings. The van der Waals surface area contributed by atoms with Gasteiger partial charge in [0.15, 0.2) is 0 Å². The van der Waals surface area contributed by atoms with Crippen LogP contribution >= 0.6 is 0 Å². The zero-order valence-corrected chi connectivity index (χ0v) is 22.0. The Bertz CT molecular complexity index is 858. The predicted octanol–water partition coefficient (Wildman–Crippen LogP) is 7.77. The van der Waals surface area contributed by atoms with Crippen molar-refractivity contribution in [2.75, 3.05) is 0 Å². The van der Waals surface area contributed by atoms with Crippen molar-refractivity contribution in [3.8, 4) is 0 Å². The molecule has 1 saturated carbocycles. The number of fused-ring (bicyclic) bond motifs is 3. The standard InChI is InChI=1S/C30H46O3/c1-19(9-8-10-22(4)28(32)33)23-13-11-21(3)24-14-16-26-29(5,6)27(31)17-18-30(26,7)25(24)15-12-20(23)2/h10,14-15,19-21,23,26H,8-9,11-13,16-18H2,1-7H3,(H,32,33). The summed E-state index contributed by atoms with van der Waals surface area (Å²) in [7, 11) is 0. The minimum Gasteiger partial charge on any atom is -0.478 e. The van der Waals surface area contributed by atoms with E-state index < -0.39 is 5.97 Å². The van der Waals surface area contributed by atoms with Gasteiger partial charge in [-0.3, -0.25) is 4.79 Å². The second-order valence-corrected chi connectivity index (χ2v) is 12.2. The molecule has 184 valence electrons. The first kappa shape index (κ1) is 26.0. The van der Waals surface area contributed by atoms with Crippen LogP contribution in [0.1, 0.15) is 99.8 Å². The number of carboxylic acid groups (broad SMARTS) is 1. The molecule has 0 radical (unpaired) electrons. The summed E-state index contributed by atoms with van der Waals surface area (Å²) in [6.07, 6.45) is 15.1. The second-order valence-electron chi connectivity index (χ2n) is 12.2. The molecule has 0 heterocycles. The molecule has 1 fully saturated rings. The third-order valence-electron chi connectivity index (χ3n) is 9.76. The number of hydrogen-bond acceptors (Lipinski definition) is 2. The Hall–Kier alpha value is -1.64. The van der Waals surface area contributed by atoms with E-state index in [1.807, 2.05) is 6.08 Å². The summed E-state index contributed by atoms with van der Waals surface area (Å²) >= 11 is 0. The minimum absolute atomic E-state index is 0.0973. The molecule has 3 nitrogen and oxygen atoms in total. The lowest BCUT2D eigenvalue weighted by molar-refractivity contribution is -0.138. The molecule has 0 aromatic rings. The fraction of sp³-hybridized carbons (Fsp3) is 0.733. The zero-order chi connectivity index (χ0) is 24.6. The number of aliphatic carboxylic acids is 1. The van der Waals surface area contributed by atoms with Gasteiger partial charge in [-0.15, -0.1) is 0 Å². The Morgan fingerprint density at radius 1 is 1.18 bits per heavy atom. The maximum absolute atomic E-state index is 12.8. The van der Waals surface area contributed by atoms with Gasteiger partial charge in [-0.25, -0.2) is 4.79 Å². The third kappa shape index (κ3) is 5.08. The van der Waals surface area contributed by atoms with Gasteiger partial charge in [0.25, 0.3) is 0 Å². The van der Waals surface area contributed by atoms with Gasteiger partial charge in [0, 0.05) is 17.4 Å². The molecule has 0 bridgehead atoms. The van der Waals surface area contributed by atoms with E-state index in [1.165, 1.54) is 12.8 Å². The molecule has 0 aliphatic heterocycles. The van der Waals surface area contributed by atoms with Gasteiger partial charge in [-0.2, -0.15) is 0 Å². The lowest BCUT2D eigenvalue weighted by Gasteiger charge is -2.54. The molecule has 3 rings (SSSR count). The molecule has 6 unspecified atom stereocenters. The number of ketones is 1. The number of Topliss-reactive ketones (excluding diaryl/α,β-unsaturated/α-hetero) is 1. The summed E-state index contributed by atoms with van der Waals surface area (Å²) in [5.41, 5.74) is 3.41. The Morgan fingerprint density at radius 2 is 1.88 bits per heavy atom. The van der Waals surface area contributed by atoms with Gasteiger partial charge in [-0.05, 0) is 98.0 Å². The van der Waals surface area contributed by atoms with Crippen LogP contribution in [0.25, 0.3) is 0 Å². The van der Waals surface area contributed by atoms with Crippen LogP contribution in [0.15, 0.2) is 34.9 Å². The minimum atomic E-state index is -0.811. The lowest BCUT2D eigenvalue weighted by atomic mass is 9.49. The van der Waals surface area contributed by atoms with Crippen LogP contribution in [0.5, 0.6) is 0 Å². The summed E-state index contributed by atoms with van der Waals surface area (Å²) in [5, 5.41) is 9.12. The third-order valence-corrected chi connectivity index (χ3v) is 9.76. The number of carboxylic acids is 1. The molecule has 33 heavy (non-hydrogen) atoms. The second kappa shape index (κ2) is 9.92. The van der Waals surface area contributed by atoms with Crippen molar-refractivity contribution in [2.24, 2.45) is 40.4 Å². The Morgan fingerprint density at radius 3 is 2.55 bits per heavy atom. The highest BCUT2D eigenvalue weighted by molar-refractivity contribution is 5.86. The van der Waals surface area contributed by atoms with Crippen LogP contribution in [0.2, 0.25) is 0 Å². The van der Waals surface area contributed by atoms with Crippen molar-refractivity contribution in [3.05, 3.63) is 34.9 Å². The largest absolute Gasteiger partial charge is 0.478 e. The van der Waals surface area contributed by atoms with Crippen molar-refractivity contribution < 1.29 is 14.7 Å². The normalized spacial score (nSPS) is 35.7. The van der Waals surface area contributed by atoms with E-state index in [-0.39, 0.29) is 10.8 Å². The first-order chi connectivity index (χ1) is 15.4. The first-order valence-electron chi connectivity index (χ1n) is 13.2. The van der Waals surface area contributed by atoms with Crippen molar-refractivity contribution in [3.63, 3.8) is 0 Å². The van der Waals surface area contributed by atoms with Gasteiger partial charge in [-0.1, -0.05) is 59.8 Å². The molecule has 3 heteroatoms. The smallest absolute Gasteiger partial charge is 0.330 e. The molecule has 0 aromatic heterocycles. The van der Waals surface area contributed by atoms with Gasteiger partial charge >= 0.3 is 5.97 Å². The van der Waals surface area contributed by atoms with E-state index in [2.05, 4.69) is 53.7 Å². The highest BCUT2D eigenvalue weighted by Gasteiger charge is 2.54. The SMILES string of the molecule is CC(=CCCC(C)C1CCC(C)C2=CCC3C(C)(C)C(=O)CCC3(C)C2=CCC1C)C(=O)O. The van der Waals surface area contributed by atoms with Crippen LogP contribution in [0.4, 0.5) is 0 Å².